The van der Waals surface area contributed by atoms with Gasteiger partial charge in [-0.1, -0.05) is 12.1 Å². The van der Waals surface area contributed by atoms with Crippen LogP contribution < -0.4 is 5.32 Å². The molecule has 24 heavy (non-hydrogen) atoms. The number of nitrogens with zero attached hydrogens (tertiary/aromatic N) is 2. The van der Waals surface area contributed by atoms with Crippen LogP contribution in [-0.4, -0.2) is 40.4 Å². The van der Waals surface area contributed by atoms with Gasteiger partial charge in [-0.05, 0) is 43.5 Å². The van der Waals surface area contributed by atoms with E-state index in [9.17, 15) is 9.18 Å². The molecule has 1 aliphatic heterocycles. The van der Waals surface area contributed by atoms with Crippen LogP contribution in [0.5, 0.6) is 0 Å². The molecule has 6 heteroatoms. The number of imidazole rings is 1. The minimum absolute atomic E-state index is 0.00995. The fourth-order valence-corrected chi connectivity index (χ4v) is 3.12. The van der Waals surface area contributed by atoms with E-state index >= 15 is 0 Å². The summed E-state index contributed by atoms with van der Waals surface area (Å²) < 4.78 is 12.9. The van der Waals surface area contributed by atoms with Crippen LogP contribution in [0.1, 0.15) is 23.5 Å². The minimum Gasteiger partial charge on any atom is -0.355 e. The highest BCUT2D eigenvalue weighted by molar-refractivity contribution is 5.78. The molecule has 1 aromatic carbocycles. The van der Waals surface area contributed by atoms with Gasteiger partial charge in [-0.3, -0.25) is 9.69 Å². The van der Waals surface area contributed by atoms with E-state index in [4.69, 9.17) is 0 Å². The molecule has 1 fully saturated rings. The summed E-state index contributed by atoms with van der Waals surface area (Å²) in [5, 5.41) is 3.00. The van der Waals surface area contributed by atoms with E-state index in [-0.39, 0.29) is 11.7 Å². The predicted molar refractivity (Wildman–Crippen MR) is 89.8 cm³/mol. The Kier molecular flexibility index (Phi) is 5.25. The van der Waals surface area contributed by atoms with Crippen molar-refractivity contribution in [2.45, 2.75) is 26.3 Å². The fourth-order valence-electron chi connectivity index (χ4n) is 3.12. The van der Waals surface area contributed by atoms with Crippen LogP contribution in [0.4, 0.5) is 4.39 Å². The number of aromatic amines is 1. The molecular formula is C18H23FN4O. The molecule has 0 aliphatic carbocycles. The number of amides is 1. The van der Waals surface area contributed by atoms with Crippen molar-refractivity contribution in [2.75, 3.05) is 19.6 Å². The second kappa shape index (κ2) is 7.57. The maximum atomic E-state index is 12.9. The molecular weight excluding hydrogens is 307 g/mol. The molecule has 1 unspecified atom stereocenters. The average molecular weight is 330 g/mol. The topological polar surface area (TPSA) is 61.0 Å². The molecule has 1 atom stereocenters. The maximum Gasteiger partial charge on any atom is 0.224 e. The normalized spacial score (nSPS) is 18.0. The van der Waals surface area contributed by atoms with Crippen molar-refractivity contribution >= 4 is 5.91 Å². The van der Waals surface area contributed by atoms with Gasteiger partial charge in [0.1, 0.15) is 11.6 Å². The number of likely N-dealkylation sites (tertiary alicyclic amines) is 1. The number of carbonyl (C=O) groups is 1. The summed E-state index contributed by atoms with van der Waals surface area (Å²) >= 11 is 0. The largest absolute Gasteiger partial charge is 0.355 e. The lowest BCUT2D eigenvalue weighted by atomic mass is 10.1. The summed E-state index contributed by atoms with van der Waals surface area (Å²) in [6.07, 6.45) is 3.27. The van der Waals surface area contributed by atoms with E-state index in [1.165, 1.54) is 12.1 Å². The SMILES string of the molecule is Cc1ncc(CN2CCC(CNC(=O)Cc3ccc(F)cc3)C2)[nH]1. The van der Waals surface area contributed by atoms with Crippen molar-refractivity contribution in [3.63, 3.8) is 0 Å². The molecule has 2 aromatic rings. The third-order valence-corrected chi connectivity index (χ3v) is 4.39. The summed E-state index contributed by atoms with van der Waals surface area (Å²) in [6, 6.07) is 6.07. The Morgan fingerprint density at radius 1 is 1.42 bits per heavy atom. The summed E-state index contributed by atoms with van der Waals surface area (Å²) in [4.78, 5) is 21.8. The third-order valence-electron chi connectivity index (χ3n) is 4.39. The Morgan fingerprint density at radius 3 is 2.92 bits per heavy atom. The zero-order chi connectivity index (χ0) is 16.9. The Morgan fingerprint density at radius 2 is 2.21 bits per heavy atom. The lowest BCUT2D eigenvalue weighted by Crippen LogP contribution is -2.32. The van der Waals surface area contributed by atoms with Crippen LogP contribution in [-0.2, 0) is 17.8 Å². The standard InChI is InChI=1S/C18H23FN4O/c1-13-20-10-17(22-13)12-23-7-6-15(11-23)9-21-18(24)8-14-2-4-16(19)5-3-14/h2-5,10,15H,6-9,11-12H2,1H3,(H,20,22)(H,21,24). The zero-order valence-electron chi connectivity index (χ0n) is 13.9. The second-order valence-electron chi connectivity index (χ2n) is 6.49. The van der Waals surface area contributed by atoms with Gasteiger partial charge in [0.25, 0.3) is 0 Å². The molecule has 0 bridgehead atoms. The number of benzene rings is 1. The van der Waals surface area contributed by atoms with E-state index < -0.39 is 0 Å². The molecule has 5 nitrogen and oxygen atoms in total. The highest BCUT2D eigenvalue weighted by Gasteiger charge is 2.23. The first-order chi connectivity index (χ1) is 11.6. The number of nitrogens with one attached hydrogen (secondary N) is 2. The number of hydrogen-bond acceptors (Lipinski definition) is 3. The van der Waals surface area contributed by atoms with Gasteiger partial charge < -0.3 is 10.3 Å². The molecule has 1 aromatic heterocycles. The number of aromatic nitrogens is 2. The van der Waals surface area contributed by atoms with Crippen LogP contribution in [0.25, 0.3) is 0 Å². The fraction of sp³-hybridized carbons (Fsp3) is 0.444. The zero-order valence-corrected chi connectivity index (χ0v) is 13.9. The van der Waals surface area contributed by atoms with Gasteiger partial charge in [0, 0.05) is 31.5 Å². The van der Waals surface area contributed by atoms with Crippen LogP contribution >= 0.6 is 0 Å². The van der Waals surface area contributed by atoms with Gasteiger partial charge in [-0.2, -0.15) is 0 Å². The number of hydrogen-bond donors (Lipinski definition) is 2. The maximum absolute atomic E-state index is 12.9. The number of halogens is 1. The predicted octanol–water partition coefficient (Wildman–Crippen LogP) is 2.04. The first-order valence-corrected chi connectivity index (χ1v) is 8.32. The van der Waals surface area contributed by atoms with Crippen LogP contribution in [0.15, 0.2) is 30.5 Å². The quantitative estimate of drug-likeness (QED) is 0.852. The van der Waals surface area contributed by atoms with Gasteiger partial charge in [-0.25, -0.2) is 9.37 Å². The van der Waals surface area contributed by atoms with Gasteiger partial charge in [-0.15, -0.1) is 0 Å². The molecule has 0 radical (unpaired) electrons. The Balaban J connectivity index is 1.39. The van der Waals surface area contributed by atoms with Crippen molar-refractivity contribution in [2.24, 2.45) is 5.92 Å². The number of carbonyl (C=O) groups excluding carboxylic acids is 1. The minimum atomic E-state index is -0.280. The molecule has 1 saturated heterocycles. The van der Waals surface area contributed by atoms with E-state index in [1.54, 1.807) is 12.1 Å². The lowest BCUT2D eigenvalue weighted by molar-refractivity contribution is -0.120. The van der Waals surface area contributed by atoms with E-state index in [0.717, 1.165) is 43.1 Å². The van der Waals surface area contributed by atoms with Crippen molar-refractivity contribution in [3.05, 3.63) is 53.4 Å². The van der Waals surface area contributed by atoms with E-state index in [0.29, 0.717) is 18.9 Å². The molecule has 3 rings (SSSR count). The number of rotatable bonds is 6. The molecule has 2 N–H and O–H groups in total. The first kappa shape index (κ1) is 16.6. The molecule has 1 aliphatic rings. The lowest BCUT2D eigenvalue weighted by Gasteiger charge is -2.15. The Hall–Kier alpha value is -2.21. The van der Waals surface area contributed by atoms with Crippen molar-refractivity contribution in [1.82, 2.24) is 20.2 Å². The van der Waals surface area contributed by atoms with Crippen molar-refractivity contribution < 1.29 is 9.18 Å². The van der Waals surface area contributed by atoms with Gasteiger partial charge in [0.05, 0.1) is 6.42 Å². The van der Waals surface area contributed by atoms with Gasteiger partial charge >= 0.3 is 0 Å². The summed E-state index contributed by atoms with van der Waals surface area (Å²) in [5.41, 5.74) is 1.96. The van der Waals surface area contributed by atoms with E-state index in [2.05, 4.69) is 20.2 Å². The molecule has 2 heterocycles. The summed E-state index contributed by atoms with van der Waals surface area (Å²) in [5.74, 6) is 1.13. The number of H-pyrrole nitrogens is 1. The van der Waals surface area contributed by atoms with Gasteiger partial charge in [0.15, 0.2) is 0 Å². The van der Waals surface area contributed by atoms with Crippen molar-refractivity contribution in [1.29, 1.82) is 0 Å². The number of aryl methyl sites for hydroxylation is 1. The average Bonchev–Trinajstić information content (AvgIpc) is 3.17. The van der Waals surface area contributed by atoms with Crippen LogP contribution in [0.3, 0.4) is 0 Å². The van der Waals surface area contributed by atoms with Crippen molar-refractivity contribution in [3.8, 4) is 0 Å². The molecule has 128 valence electrons. The monoisotopic (exact) mass is 330 g/mol. The summed E-state index contributed by atoms with van der Waals surface area (Å²) in [6.45, 7) is 5.54. The molecule has 0 saturated carbocycles. The Labute approximate surface area is 141 Å². The molecule has 1 amide bonds. The van der Waals surface area contributed by atoms with Crippen LogP contribution in [0, 0.1) is 18.7 Å². The third kappa shape index (κ3) is 4.64. The second-order valence-corrected chi connectivity index (χ2v) is 6.49. The van der Waals surface area contributed by atoms with E-state index in [1.807, 2.05) is 13.1 Å². The Bertz CT molecular complexity index is 683. The first-order valence-electron chi connectivity index (χ1n) is 8.32. The highest BCUT2D eigenvalue weighted by atomic mass is 19.1. The highest BCUT2D eigenvalue weighted by Crippen LogP contribution is 2.17. The van der Waals surface area contributed by atoms with Crippen LogP contribution in [0.2, 0.25) is 0 Å². The molecule has 0 spiro atoms. The van der Waals surface area contributed by atoms with Gasteiger partial charge in [0.2, 0.25) is 5.91 Å². The summed E-state index contributed by atoms with van der Waals surface area (Å²) in [7, 11) is 0. The smallest absolute Gasteiger partial charge is 0.224 e.